The average molecular weight is 247 g/mol. The largest absolute Gasteiger partial charge is 0.289 e. The van der Waals surface area contributed by atoms with Gasteiger partial charge in [0.1, 0.15) is 0 Å². The number of hydrogen-bond donors (Lipinski definition) is 0. The molecule has 0 aromatic heterocycles. The van der Waals surface area contributed by atoms with Gasteiger partial charge < -0.3 is 0 Å². The highest BCUT2D eigenvalue weighted by atomic mass is 16.1. The fourth-order valence-corrected chi connectivity index (χ4v) is 1.73. The Morgan fingerprint density at radius 2 is 1.63 bits per heavy atom. The van der Waals surface area contributed by atoms with Crippen LogP contribution in [0, 0.1) is 18.3 Å². The van der Waals surface area contributed by atoms with Gasteiger partial charge in [-0.1, -0.05) is 60.2 Å². The number of nitrogens with zero attached hydrogens (tertiary/aromatic N) is 1. The van der Waals surface area contributed by atoms with Gasteiger partial charge in [0.2, 0.25) is 0 Å². The molecule has 0 spiro atoms. The number of ketones is 1. The van der Waals surface area contributed by atoms with E-state index in [1.807, 2.05) is 49.4 Å². The molecule has 2 rings (SSSR count). The van der Waals surface area contributed by atoms with Crippen LogP contribution in [0.1, 0.15) is 21.5 Å². The van der Waals surface area contributed by atoms with Gasteiger partial charge in [0, 0.05) is 11.6 Å². The molecule has 2 aromatic carbocycles. The highest BCUT2D eigenvalue weighted by Gasteiger charge is 2.06. The van der Waals surface area contributed by atoms with Gasteiger partial charge in [-0.05, 0) is 12.5 Å². The number of benzene rings is 2. The normalized spacial score (nSPS) is 10.8. The molecule has 2 aromatic rings. The monoisotopic (exact) mass is 247 g/mol. The molecule has 92 valence electrons. The minimum Gasteiger partial charge on any atom is -0.289 e. The third-order valence-electron chi connectivity index (χ3n) is 2.82. The summed E-state index contributed by atoms with van der Waals surface area (Å²) in [6, 6.07) is 18.6. The van der Waals surface area contributed by atoms with Crippen molar-refractivity contribution in [1.82, 2.24) is 0 Å². The molecule has 2 nitrogen and oxygen atoms in total. The van der Waals surface area contributed by atoms with Gasteiger partial charge >= 0.3 is 0 Å². The van der Waals surface area contributed by atoms with Gasteiger partial charge in [-0.3, -0.25) is 4.79 Å². The molecule has 0 unspecified atom stereocenters. The Bertz CT molecular complexity index is 646. The first-order valence-corrected chi connectivity index (χ1v) is 5.99. The number of hydrogen-bond acceptors (Lipinski definition) is 2. The Labute approximate surface area is 112 Å². The van der Waals surface area contributed by atoms with Crippen LogP contribution in [0.3, 0.4) is 0 Å². The Morgan fingerprint density at radius 3 is 2.21 bits per heavy atom. The van der Waals surface area contributed by atoms with Crippen molar-refractivity contribution < 1.29 is 4.79 Å². The Balaban J connectivity index is 2.31. The van der Waals surface area contributed by atoms with E-state index in [9.17, 15) is 4.79 Å². The minimum atomic E-state index is -0.152. The van der Waals surface area contributed by atoms with Crippen LogP contribution in [0.25, 0.3) is 5.57 Å². The molecule has 0 bridgehead atoms. The molecule has 19 heavy (non-hydrogen) atoms. The highest BCUT2D eigenvalue weighted by Crippen LogP contribution is 2.14. The van der Waals surface area contributed by atoms with Crippen molar-refractivity contribution in [1.29, 1.82) is 5.26 Å². The summed E-state index contributed by atoms with van der Waals surface area (Å²) in [5.41, 5.74) is 2.83. The Kier molecular flexibility index (Phi) is 3.90. The second-order valence-electron chi connectivity index (χ2n) is 4.27. The first kappa shape index (κ1) is 12.8. The summed E-state index contributed by atoms with van der Waals surface area (Å²) in [5.74, 6) is -0.152. The van der Waals surface area contributed by atoms with E-state index in [4.69, 9.17) is 5.26 Å². The van der Waals surface area contributed by atoms with Crippen molar-refractivity contribution >= 4 is 11.4 Å². The summed E-state index contributed by atoms with van der Waals surface area (Å²) in [5, 5.41) is 9.15. The van der Waals surface area contributed by atoms with Gasteiger partial charge in [0.15, 0.2) is 5.78 Å². The summed E-state index contributed by atoms with van der Waals surface area (Å²) in [4.78, 5) is 12.1. The molecule has 2 heteroatoms. The molecular formula is C17H13NO. The van der Waals surface area contributed by atoms with E-state index in [1.165, 1.54) is 6.08 Å². The van der Waals surface area contributed by atoms with Crippen molar-refractivity contribution in [3.05, 3.63) is 77.4 Å². The fourth-order valence-electron chi connectivity index (χ4n) is 1.73. The van der Waals surface area contributed by atoms with E-state index in [0.29, 0.717) is 11.1 Å². The number of rotatable bonds is 3. The maximum Gasteiger partial charge on any atom is 0.187 e. The van der Waals surface area contributed by atoms with Gasteiger partial charge in [-0.2, -0.15) is 5.26 Å². The van der Waals surface area contributed by atoms with Gasteiger partial charge in [-0.25, -0.2) is 0 Å². The molecule has 0 saturated heterocycles. The molecule has 0 N–H and O–H groups in total. The van der Waals surface area contributed by atoms with E-state index in [0.717, 1.165) is 11.1 Å². The summed E-state index contributed by atoms with van der Waals surface area (Å²) >= 11 is 0. The SMILES string of the molecule is Cc1ccc(C(=O)/C=C(\C#N)c2ccccc2)cc1. The van der Waals surface area contributed by atoms with Crippen molar-refractivity contribution in [3.63, 3.8) is 0 Å². The third-order valence-corrected chi connectivity index (χ3v) is 2.82. The molecular weight excluding hydrogens is 234 g/mol. The van der Waals surface area contributed by atoms with Crippen molar-refractivity contribution in [2.24, 2.45) is 0 Å². The second-order valence-corrected chi connectivity index (χ2v) is 4.27. The number of carbonyl (C=O) groups is 1. The molecule has 0 amide bonds. The van der Waals surface area contributed by atoms with Crippen LogP contribution in [-0.2, 0) is 0 Å². The highest BCUT2D eigenvalue weighted by molar-refractivity contribution is 6.10. The van der Waals surface area contributed by atoms with E-state index >= 15 is 0 Å². The van der Waals surface area contributed by atoms with Gasteiger partial charge in [0.05, 0.1) is 11.6 Å². The molecule has 0 saturated carbocycles. The first-order chi connectivity index (χ1) is 9.20. The van der Waals surface area contributed by atoms with E-state index in [2.05, 4.69) is 6.07 Å². The van der Waals surface area contributed by atoms with Gasteiger partial charge in [-0.15, -0.1) is 0 Å². The fraction of sp³-hybridized carbons (Fsp3) is 0.0588. The van der Waals surface area contributed by atoms with Crippen LogP contribution < -0.4 is 0 Å². The van der Waals surface area contributed by atoms with E-state index < -0.39 is 0 Å². The second kappa shape index (κ2) is 5.79. The molecule has 0 aliphatic carbocycles. The zero-order chi connectivity index (χ0) is 13.7. The molecule has 0 heterocycles. The van der Waals surface area contributed by atoms with Crippen molar-refractivity contribution in [2.75, 3.05) is 0 Å². The third kappa shape index (κ3) is 3.17. The van der Waals surface area contributed by atoms with Crippen LogP contribution in [-0.4, -0.2) is 5.78 Å². The molecule has 0 fully saturated rings. The van der Waals surface area contributed by atoms with Crippen molar-refractivity contribution in [3.8, 4) is 6.07 Å². The summed E-state index contributed by atoms with van der Waals surface area (Å²) in [6.45, 7) is 1.97. The number of nitriles is 1. The lowest BCUT2D eigenvalue weighted by atomic mass is 10.0. The summed E-state index contributed by atoms with van der Waals surface area (Å²) in [6.07, 6.45) is 1.39. The summed E-state index contributed by atoms with van der Waals surface area (Å²) < 4.78 is 0. The number of allylic oxidation sites excluding steroid dienone is 2. The number of carbonyl (C=O) groups excluding carboxylic acids is 1. The van der Waals surface area contributed by atoms with Gasteiger partial charge in [0.25, 0.3) is 0 Å². The quantitative estimate of drug-likeness (QED) is 0.470. The van der Waals surface area contributed by atoms with E-state index in [1.54, 1.807) is 12.1 Å². The molecule has 0 aliphatic heterocycles. The smallest absolute Gasteiger partial charge is 0.187 e. The van der Waals surface area contributed by atoms with Crippen LogP contribution in [0.15, 0.2) is 60.7 Å². The standard InChI is InChI=1S/C17H13NO/c1-13-7-9-15(10-8-13)17(19)11-16(12-18)14-5-3-2-4-6-14/h2-11H,1H3/b16-11+. The lowest BCUT2D eigenvalue weighted by molar-refractivity contribution is 0.104. The zero-order valence-corrected chi connectivity index (χ0v) is 10.6. The topological polar surface area (TPSA) is 40.9 Å². The predicted octanol–water partition coefficient (Wildman–Crippen LogP) is 3.78. The van der Waals surface area contributed by atoms with Crippen LogP contribution in [0.4, 0.5) is 0 Å². The molecule has 0 atom stereocenters. The Hall–Kier alpha value is -2.66. The lowest BCUT2D eigenvalue weighted by Crippen LogP contribution is -1.96. The van der Waals surface area contributed by atoms with Crippen LogP contribution >= 0.6 is 0 Å². The maximum atomic E-state index is 12.1. The zero-order valence-electron chi connectivity index (χ0n) is 10.6. The number of aryl methyl sites for hydroxylation is 1. The van der Waals surface area contributed by atoms with E-state index in [-0.39, 0.29) is 5.78 Å². The lowest BCUT2D eigenvalue weighted by Gasteiger charge is -2.00. The first-order valence-electron chi connectivity index (χ1n) is 5.99. The van der Waals surface area contributed by atoms with Crippen LogP contribution in [0.5, 0.6) is 0 Å². The van der Waals surface area contributed by atoms with Crippen LogP contribution in [0.2, 0.25) is 0 Å². The molecule has 0 aliphatic rings. The maximum absolute atomic E-state index is 12.1. The Morgan fingerprint density at radius 1 is 1.00 bits per heavy atom. The average Bonchev–Trinajstić information content (AvgIpc) is 2.46. The van der Waals surface area contributed by atoms with Crippen molar-refractivity contribution in [2.45, 2.75) is 6.92 Å². The minimum absolute atomic E-state index is 0.152. The predicted molar refractivity (Wildman–Crippen MR) is 75.5 cm³/mol. The molecule has 0 radical (unpaired) electrons. The summed E-state index contributed by atoms with van der Waals surface area (Å²) in [7, 11) is 0.